The predicted molar refractivity (Wildman–Crippen MR) is 65.3 cm³/mol. The molecule has 0 spiro atoms. The van der Waals surface area contributed by atoms with E-state index in [0.29, 0.717) is 6.10 Å². The second-order valence-electron chi connectivity index (χ2n) is 3.97. The minimum Gasteiger partial charge on any atom is -0.399 e. The molecule has 82 valence electrons. The van der Waals surface area contributed by atoms with Gasteiger partial charge in [0.1, 0.15) is 0 Å². The molecule has 1 aliphatic rings. The fourth-order valence-corrected chi connectivity index (χ4v) is 2.87. The van der Waals surface area contributed by atoms with Crippen LogP contribution in [0.3, 0.4) is 0 Å². The van der Waals surface area contributed by atoms with Crippen molar-refractivity contribution in [2.24, 2.45) is 0 Å². The van der Waals surface area contributed by atoms with Crippen LogP contribution < -0.4 is 5.73 Å². The average Bonchev–Trinajstić information content (AvgIpc) is 2.69. The number of rotatable bonds is 3. The Balaban J connectivity index is 1.92. The van der Waals surface area contributed by atoms with Crippen molar-refractivity contribution in [2.45, 2.75) is 30.8 Å². The van der Waals surface area contributed by atoms with Crippen LogP contribution in [0.25, 0.3) is 0 Å². The standard InChI is InChI=1S/C12H17NOS/c1-9-7-10(13)4-5-12(9)15-8-11-3-2-6-14-11/h4-5,7,11H,2-3,6,8,13H2,1H3. The maximum Gasteiger partial charge on any atom is 0.0669 e. The van der Waals surface area contributed by atoms with Gasteiger partial charge in [0, 0.05) is 22.9 Å². The van der Waals surface area contributed by atoms with Gasteiger partial charge in [0.05, 0.1) is 6.10 Å². The first-order valence-corrected chi connectivity index (χ1v) is 6.35. The zero-order chi connectivity index (χ0) is 10.7. The second kappa shape index (κ2) is 4.90. The number of ether oxygens (including phenoxy) is 1. The van der Waals surface area contributed by atoms with Gasteiger partial charge in [-0.3, -0.25) is 0 Å². The van der Waals surface area contributed by atoms with E-state index in [4.69, 9.17) is 10.5 Å². The first-order chi connectivity index (χ1) is 7.25. The zero-order valence-electron chi connectivity index (χ0n) is 9.03. The fraction of sp³-hybridized carbons (Fsp3) is 0.500. The Bertz CT molecular complexity index is 334. The van der Waals surface area contributed by atoms with Crippen molar-refractivity contribution in [1.29, 1.82) is 0 Å². The first-order valence-electron chi connectivity index (χ1n) is 5.36. The molecule has 1 atom stereocenters. The molecule has 1 aliphatic heterocycles. The van der Waals surface area contributed by atoms with Crippen molar-refractivity contribution in [3.63, 3.8) is 0 Å². The van der Waals surface area contributed by atoms with Crippen molar-refractivity contribution >= 4 is 17.4 Å². The Kier molecular flexibility index (Phi) is 3.54. The van der Waals surface area contributed by atoms with Gasteiger partial charge >= 0.3 is 0 Å². The van der Waals surface area contributed by atoms with Gasteiger partial charge in [-0.1, -0.05) is 0 Å². The number of hydrogen-bond acceptors (Lipinski definition) is 3. The highest BCUT2D eigenvalue weighted by Crippen LogP contribution is 2.27. The summed E-state index contributed by atoms with van der Waals surface area (Å²) in [6, 6.07) is 6.09. The van der Waals surface area contributed by atoms with Gasteiger partial charge in [0.25, 0.3) is 0 Å². The van der Waals surface area contributed by atoms with Gasteiger partial charge in [-0.25, -0.2) is 0 Å². The predicted octanol–water partition coefficient (Wildman–Crippen LogP) is 2.85. The summed E-state index contributed by atoms with van der Waals surface area (Å²) in [4.78, 5) is 1.32. The Hall–Kier alpha value is -0.670. The maximum atomic E-state index is 5.71. The number of nitrogens with two attached hydrogens (primary N) is 1. The lowest BCUT2D eigenvalue weighted by Gasteiger charge is -2.10. The van der Waals surface area contributed by atoms with E-state index in [9.17, 15) is 0 Å². The van der Waals surface area contributed by atoms with E-state index in [1.54, 1.807) is 0 Å². The summed E-state index contributed by atoms with van der Waals surface area (Å²) in [5.74, 6) is 1.06. The SMILES string of the molecule is Cc1cc(N)ccc1SCC1CCCO1. The molecule has 0 radical (unpaired) electrons. The lowest BCUT2D eigenvalue weighted by Crippen LogP contribution is -2.07. The topological polar surface area (TPSA) is 35.2 Å². The minimum absolute atomic E-state index is 0.451. The third kappa shape index (κ3) is 2.89. The summed E-state index contributed by atoms with van der Waals surface area (Å²) in [5, 5.41) is 0. The summed E-state index contributed by atoms with van der Waals surface area (Å²) in [6.07, 6.45) is 2.87. The van der Waals surface area contributed by atoms with E-state index >= 15 is 0 Å². The van der Waals surface area contributed by atoms with Crippen molar-refractivity contribution < 1.29 is 4.74 Å². The summed E-state index contributed by atoms with van der Waals surface area (Å²) < 4.78 is 5.59. The van der Waals surface area contributed by atoms with Crippen LogP contribution in [-0.4, -0.2) is 18.5 Å². The second-order valence-corrected chi connectivity index (χ2v) is 5.03. The molecule has 0 aromatic heterocycles. The molecule has 1 unspecified atom stereocenters. The van der Waals surface area contributed by atoms with E-state index in [-0.39, 0.29) is 0 Å². The van der Waals surface area contributed by atoms with Gasteiger partial charge in [0.2, 0.25) is 0 Å². The highest BCUT2D eigenvalue weighted by molar-refractivity contribution is 7.99. The fourth-order valence-electron chi connectivity index (χ4n) is 1.79. The zero-order valence-corrected chi connectivity index (χ0v) is 9.85. The number of anilines is 1. The molecular formula is C12H17NOS. The molecule has 1 saturated heterocycles. The van der Waals surface area contributed by atoms with Crippen LogP contribution >= 0.6 is 11.8 Å². The number of nitrogen functional groups attached to an aromatic ring is 1. The smallest absolute Gasteiger partial charge is 0.0669 e. The Labute approximate surface area is 95.2 Å². The molecule has 1 aromatic rings. The van der Waals surface area contributed by atoms with Crippen LogP contribution in [0.1, 0.15) is 18.4 Å². The van der Waals surface area contributed by atoms with Gasteiger partial charge in [-0.15, -0.1) is 11.8 Å². The van der Waals surface area contributed by atoms with Crippen LogP contribution in [-0.2, 0) is 4.74 Å². The van der Waals surface area contributed by atoms with Crippen molar-refractivity contribution in [1.82, 2.24) is 0 Å². The van der Waals surface area contributed by atoms with Crippen LogP contribution in [0.2, 0.25) is 0 Å². The number of thioether (sulfide) groups is 1. The highest BCUT2D eigenvalue weighted by Gasteiger charge is 2.15. The molecular weight excluding hydrogens is 206 g/mol. The molecule has 1 fully saturated rings. The number of hydrogen-bond donors (Lipinski definition) is 1. The summed E-state index contributed by atoms with van der Waals surface area (Å²) in [6.45, 7) is 3.04. The van der Waals surface area contributed by atoms with Gasteiger partial charge in [-0.05, 0) is 43.5 Å². The molecule has 3 heteroatoms. The lowest BCUT2D eigenvalue weighted by atomic mass is 10.2. The van der Waals surface area contributed by atoms with Crippen molar-refractivity contribution in [3.05, 3.63) is 23.8 Å². The third-order valence-electron chi connectivity index (χ3n) is 2.65. The Morgan fingerprint density at radius 1 is 1.53 bits per heavy atom. The van der Waals surface area contributed by atoms with E-state index in [1.807, 2.05) is 23.9 Å². The molecule has 0 saturated carbocycles. The molecule has 0 aliphatic carbocycles. The van der Waals surface area contributed by atoms with E-state index in [0.717, 1.165) is 18.0 Å². The van der Waals surface area contributed by atoms with Crippen LogP contribution in [0, 0.1) is 6.92 Å². The third-order valence-corrected chi connectivity index (χ3v) is 3.96. The van der Waals surface area contributed by atoms with Crippen LogP contribution in [0.4, 0.5) is 5.69 Å². The molecule has 2 nitrogen and oxygen atoms in total. The average molecular weight is 223 g/mol. The molecule has 0 bridgehead atoms. The maximum absolute atomic E-state index is 5.71. The quantitative estimate of drug-likeness (QED) is 0.632. The highest BCUT2D eigenvalue weighted by atomic mass is 32.2. The summed E-state index contributed by atoms with van der Waals surface area (Å²) in [5.41, 5.74) is 7.82. The lowest BCUT2D eigenvalue weighted by molar-refractivity contribution is 0.129. The molecule has 1 aromatic carbocycles. The minimum atomic E-state index is 0.451. The Morgan fingerprint density at radius 2 is 2.40 bits per heavy atom. The van der Waals surface area contributed by atoms with Gasteiger partial charge in [-0.2, -0.15) is 0 Å². The number of benzene rings is 1. The molecule has 0 amide bonds. The van der Waals surface area contributed by atoms with Crippen molar-refractivity contribution in [3.8, 4) is 0 Å². The molecule has 2 rings (SSSR count). The van der Waals surface area contributed by atoms with Crippen molar-refractivity contribution in [2.75, 3.05) is 18.1 Å². The Morgan fingerprint density at radius 3 is 3.07 bits per heavy atom. The summed E-state index contributed by atoms with van der Waals surface area (Å²) in [7, 11) is 0. The monoisotopic (exact) mass is 223 g/mol. The van der Waals surface area contributed by atoms with E-state index in [1.165, 1.54) is 23.3 Å². The van der Waals surface area contributed by atoms with E-state index < -0.39 is 0 Å². The van der Waals surface area contributed by atoms with Gasteiger partial charge < -0.3 is 10.5 Å². The molecule has 1 heterocycles. The molecule has 15 heavy (non-hydrogen) atoms. The normalized spacial score (nSPS) is 20.7. The van der Waals surface area contributed by atoms with Gasteiger partial charge in [0.15, 0.2) is 0 Å². The number of aryl methyl sites for hydroxylation is 1. The molecule has 2 N–H and O–H groups in total. The summed E-state index contributed by atoms with van der Waals surface area (Å²) >= 11 is 1.87. The van der Waals surface area contributed by atoms with Crippen LogP contribution in [0.5, 0.6) is 0 Å². The largest absolute Gasteiger partial charge is 0.399 e. The first kappa shape index (κ1) is 10.8. The van der Waals surface area contributed by atoms with Crippen LogP contribution in [0.15, 0.2) is 23.1 Å². The van der Waals surface area contributed by atoms with E-state index in [2.05, 4.69) is 13.0 Å².